The van der Waals surface area contributed by atoms with Crippen LogP contribution in [0.1, 0.15) is 26.2 Å². The fraction of sp³-hybridized carbons (Fsp3) is 0.615. The van der Waals surface area contributed by atoms with E-state index in [1.807, 2.05) is 11.8 Å². The summed E-state index contributed by atoms with van der Waals surface area (Å²) in [7, 11) is -1.72. The van der Waals surface area contributed by atoms with Gasteiger partial charge in [0.15, 0.2) is 0 Å². The zero-order chi connectivity index (χ0) is 14.6. The summed E-state index contributed by atoms with van der Waals surface area (Å²) in [5.41, 5.74) is 0. The van der Waals surface area contributed by atoms with Gasteiger partial charge >= 0.3 is 0 Å². The minimum Gasteiger partial charge on any atom is -0.373 e. The molecule has 2 atom stereocenters. The number of aromatic nitrogens is 1. The van der Waals surface area contributed by atoms with Gasteiger partial charge in [-0.2, -0.15) is 11.8 Å². The average Bonchev–Trinajstić information content (AvgIpc) is 2.86. The highest BCUT2D eigenvalue weighted by molar-refractivity contribution is 8.00. The van der Waals surface area contributed by atoms with Gasteiger partial charge in [-0.15, -0.1) is 0 Å². The van der Waals surface area contributed by atoms with E-state index >= 15 is 0 Å². The van der Waals surface area contributed by atoms with E-state index in [1.54, 1.807) is 19.2 Å². The smallest absolute Gasteiger partial charge is 0.242 e. The number of hydrogen-bond acceptors (Lipinski definition) is 5. The summed E-state index contributed by atoms with van der Waals surface area (Å²) in [6.07, 6.45) is 4.48. The van der Waals surface area contributed by atoms with Crippen LogP contribution in [-0.2, 0) is 10.0 Å². The predicted molar refractivity (Wildman–Crippen MR) is 83.7 cm³/mol. The van der Waals surface area contributed by atoms with E-state index in [4.69, 9.17) is 0 Å². The van der Waals surface area contributed by atoms with Crippen LogP contribution in [0, 0.1) is 0 Å². The lowest BCUT2D eigenvalue weighted by atomic mass is 10.3. The molecule has 7 heteroatoms. The summed E-state index contributed by atoms with van der Waals surface area (Å²) >= 11 is 1.84. The highest BCUT2D eigenvalue weighted by Gasteiger charge is 2.31. The second kappa shape index (κ2) is 6.78. The van der Waals surface area contributed by atoms with Crippen molar-refractivity contribution in [2.75, 3.05) is 18.1 Å². The van der Waals surface area contributed by atoms with Gasteiger partial charge in [0.05, 0.1) is 0 Å². The van der Waals surface area contributed by atoms with Crippen molar-refractivity contribution in [2.45, 2.75) is 42.4 Å². The largest absolute Gasteiger partial charge is 0.373 e. The number of nitrogens with one attached hydrogen (secondary N) is 2. The van der Waals surface area contributed by atoms with Crippen LogP contribution in [0.4, 0.5) is 5.82 Å². The quantitative estimate of drug-likeness (QED) is 0.841. The van der Waals surface area contributed by atoms with Crippen LogP contribution in [0.3, 0.4) is 0 Å². The van der Waals surface area contributed by atoms with Gasteiger partial charge in [0.1, 0.15) is 10.7 Å². The first kappa shape index (κ1) is 15.6. The van der Waals surface area contributed by atoms with Gasteiger partial charge in [0.25, 0.3) is 0 Å². The second-order valence-electron chi connectivity index (χ2n) is 4.78. The molecule has 0 spiro atoms. The molecule has 0 aromatic carbocycles. The molecule has 1 aliphatic carbocycles. The van der Waals surface area contributed by atoms with Crippen molar-refractivity contribution in [3.8, 4) is 0 Å². The Morgan fingerprint density at radius 3 is 2.80 bits per heavy atom. The fourth-order valence-electron chi connectivity index (χ4n) is 2.43. The van der Waals surface area contributed by atoms with E-state index in [1.165, 1.54) is 6.20 Å². The van der Waals surface area contributed by atoms with Gasteiger partial charge in [-0.25, -0.2) is 18.1 Å². The Labute approximate surface area is 125 Å². The van der Waals surface area contributed by atoms with E-state index in [9.17, 15) is 8.42 Å². The lowest BCUT2D eigenvalue weighted by Crippen LogP contribution is -2.38. The Bertz CT molecular complexity index is 531. The summed E-state index contributed by atoms with van der Waals surface area (Å²) in [5.74, 6) is 1.67. The molecule has 0 amide bonds. The maximum absolute atomic E-state index is 12.4. The Balaban J connectivity index is 2.09. The highest BCUT2D eigenvalue weighted by Crippen LogP contribution is 2.30. The summed E-state index contributed by atoms with van der Waals surface area (Å²) in [4.78, 5) is 4.28. The van der Waals surface area contributed by atoms with Crippen LogP contribution in [-0.4, -0.2) is 37.5 Å². The molecule has 2 rings (SSSR count). The molecule has 5 nitrogen and oxygen atoms in total. The number of hydrogen-bond donors (Lipinski definition) is 2. The van der Waals surface area contributed by atoms with Crippen molar-refractivity contribution in [1.82, 2.24) is 9.71 Å². The van der Waals surface area contributed by atoms with E-state index < -0.39 is 10.0 Å². The van der Waals surface area contributed by atoms with Crippen molar-refractivity contribution in [1.29, 1.82) is 0 Å². The van der Waals surface area contributed by atoms with Crippen LogP contribution in [0.15, 0.2) is 23.2 Å². The lowest BCUT2D eigenvalue weighted by molar-refractivity contribution is 0.555. The number of pyridine rings is 1. The summed E-state index contributed by atoms with van der Waals surface area (Å²) in [6.45, 7) is 2.11. The minimum absolute atomic E-state index is 0.0360. The molecular weight excluding hydrogens is 294 g/mol. The molecule has 0 bridgehead atoms. The van der Waals surface area contributed by atoms with Crippen LogP contribution in [0.5, 0.6) is 0 Å². The molecule has 2 N–H and O–H groups in total. The monoisotopic (exact) mass is 315 g/mol. The minimum atomic E-state index is -3.47. The first-order valence-electron chi connectivity index (χ1n) is 6.84. The topological polar surface area (TPSA) is 71.1 Å². The SMILES string of the molecule is CCSC1CCCC1NS(=O)(=O)c1ccc(NC)nc1. The third-order valence-electron chi connectivity index (χ3n) is 3.44. The average molecular weight is 315 g/mol. The molecule has 1 fully saturated rings. The van der Waals surface area contributed by atoms with Crippen LogP contribution in [0.25, 0.3) is 0 Å². The van der Waals surface area contributed by atoms with Gasteiger partial charge in [0, 0.05) is 24.5 Å². The molecule has 0 aliphatic heterocycles. The molecule has 2 unspecified atom stereocenters. The number of sulfonamides is 1. The van der Waals surface area contributed by atoms with E-state index in [-0.39, 0.29) is 10.9 Å². The Hall–Kier alpha value is -0.790. The first-order chi connectivity index (χ1) is 9.56. The maximum atomic E-state index is 12.4. The molecule has 0 radical (unpaired) electrons. The fourth-order valence-corrected chi connectivity index (χ4v) is 4.97. The molecule has 1 heterocycles. The van der Waals surface area contributed by atoms with Crippen molar-refractivity contribution in [3.63, 3.8) is 0 Å². The van der Waals surface area contributed by atoms with Gasteiger partial charge in [-0.1, -0.05) is 13.3 Å². The van der Waals surface area contributed by atoms with Gasteiger partial charge in [0.2, 0.25) is 10.0 Å². The molecular formula is C13H21N3O2S2. The van der Waals surface area contributed by atoms with Crippen molar-refractivity contribution in [3.05, 3.63) is 18.3 Å². The van der Waals surface area contributed by atoms with Gasteiger partial charge < -0.3 is 5.32 Å². The molecule has 1 saturated carbocycles. The zero-order valence-corrected chi connectivity index (χ0v) is 13.4. The number of rotatable bonds is 6. The second-order valence-corrected chi connectivity index (χ2v) is 8.01. The summed E-state index contributed by atoms with van der Waals surface area (Å²) < 4.78 is 27.5. The molecule has 0 saturated heterocycles. The first-order valence-corrected chi connectivity index (χ1v) is 9.37. The number of nitrogens with zero attached hydrogens (tertiary/aromatic N) is 1. The zero-order valence-electron chi connectivity index (χ0n) is 11.8. The lowest BCUT2D eigenvalue weighted by Gasteiger charge is -2.20. The molecule has 1 aromatic heterocycles. The van der Waals surface area contributed by atoms with Crippen LogP contribution in [0.2, 0.25) is 0 Å². The third-order valence-corrected chi connectivity index (χ3v) is 6.24. The third kappa shape index (κ3) is 3.65. The standard InChI is InChI=1S/C13H21N3O2S2/c1-3-19-12-6-4-5-11(12)16-20(17,18)10-7-8-13(14-2)15-9-10/h7-9,11-12,16H,3-6H2,1-2H3,(H,14,15). The van der Waals surface area contributed by atoms with Crippen LogP contribution >= 0.6 is 11.8 Å². The van der Waals surface area contributed by atoms with Crippen molar-refractivity contribution < 1.29 is 8.42 Å². The Morgan fingerprint density at radius 1 is 1.40 bits per heavy atom. The predicted octanol–water partition coefficient (Wildman–Crippen LogP) is 2.08. The number of thioether (sulfide) groups is 1. The van der Waals surface area contributed by atoms with Gasteiger partial charge in [-0.05, 0) is 30.7 Å². The van der Waals surface area contributed by atoms with E-state index in [2.05, 4.69) is 21.9 Å². The van der Waals surface area contributed by atoms with E-state index in [0.717, 1.165) is 25.0 Å². The summed E-state index contributed by atoms with van der Waals surface area (Å²) in [6, 6.07) is 3.29. The Kier molecular flexibility index (Phi) is 5.29. The Morgan fingerprint density at radius 2 is 2.20 bits per heavy atom. The number of anilines is 1. The molecule has 1 aliphatic rings. The maximum Gasteiger partial charge on any atom is 0.242 e. The molecule has 1 aromatic rings. The normalized spacial score (nSPS) is 22.9. The highest BCUT2D eigenvalue weighted by atomic mass is 32.2. The van der Waals surface area contributed by atoms with Crippen LogP contribution < -0.4 is 10.0 Å². The summed E-state index contributed by atoms with van der Waals surface area (Å²) in [5, 5.41) is 3.26. The van der Waals surface area contributed by atoms with Crippen molar-refractivity contribution in [2.24, 2.45) is 0 Å². The molecule has 112 valence electrons. The van der Waals surface area contributed by atoms with Gasteiger partial charge in [-0.3, -0.25) is 0 Å². The molecule has 20 heavy (non-hydrogen) atoms. The van der Waals surface area contributed by atoms with E-state index in [0.29, 0.717) is 11.1 Å². The van der Waals surface area contributed by atoms with Crippen molar-refractivity contribution >= 4 is 27.6 Å².